The third-order valence-electron chi connectivity index (χ3n) is 4.06. The Morgan fingerprint density at radius 3 is 2.55 bits per heavy atom. The molecule has 2 aromatic rings. The summed E-state index contributed by atoms with van der Waals surface area (Å²) in [7, 11) is 0. The highest BCUT2D eigenvalue weighted by atomic mass is 16.7. The largest absolute Gasteiger partial charge is 0.454 e. The van der Waals surface area contributed by atoms with Crippen molar-refractivity contribution >= 4 is 11.7 Å². The van der Waals surface area contributed by atoms with Gasteiger partial charge in [-0.25, -0.2) is 4.79 Å². The van der Waals surface area contributed by atoms with E-state index in [2.05, 4.69) is 10.6 Å². The molecular formula is C17H16N2O3. The number of nitrogens with one attached hydrogen (secondary N) is 2. The fraction of sp³-hybridized carbons (Fsp3) is 0.235. The molecule has 2 aromatic carbocycles. The molecule has 1 heterocycles. The number of anilines is 1. The molecule has 5 nitrogen and oxygen atoms in total. The first-order chi connectivity index (χ1) is 10.8. The number of amides is 2. The Bertz CT molecular complexity index is 711. The quantitative estimate of drug-likeness (QED) is 0.914. The Labute approximate surface area is 128 Å². The van der Waals surface area contributed by atoms with Crippen molar-refractivity contribution in [1.82, 2.24) is 5.32 Å². The van der Waals surface area contributed by atoms with Crippen LogP contribution in [0.25, 0.3) is 0 Å². The first-order valence-electron chi connectivity index (χ1n) is 7.30. The summed E-state index contributed by atoms with van der Waals surface area (Å²) >= 11 is 0. The number of urea groups is 1. The van der Waals surface area contributed by atoms with E-state index in [1.807, 2.05) is 30.3 Å². The third-order valence-corrected chi connectivity index (χ3v) is 4.06. The van der Waals surface area contributed by atoms with Gasteiger partial charge in [0.05, 0.1) is 5.54 Å². The number of rotatable bonds is 3. The van der Waals surface area contributed by atoms with Crippen LogP contribution < -0.4 is 20.1 Å². The van der Waals surface area contributed by atoms with Gasteiger partial charge < -0.3 is 20.1 Å². The second-order valence-electron chi connectivity index (χ2n) is 5.60. The van der Waals surface area contributed by atoms with Gasteiger partial charge in [0.1, 0.15) is 0 Å². The zero-order valence-corrected chi connectivity index (χ0v) is 12.0. The summed E-state index contributed by atoms with van der Waals surface area (Å²) in [6.45, 7) is 0.224. The maximum atomic E-state index is 12.2. The molecule has 1 aliphatic carbocycles. The van der Waals surface area contributed by atoms with Gasteiger partial charge in [-0.05, 0) is 30.5 Å². The van der Waals surface area contributed by atoms with Crippen LogP contribution in [-0.2, 0) is 5.54 Å². The Balaban J connectivity index is 1.45. The van der Waals surface area contributed by atoms with Gasteiger partial charge in [0.25, 0.3) is 0 Å². The Morgan fingerprint density at radius 2 is 1.77 bits per heavy atom. The van der Waals surface area contributed by atoms with Crippen molar-refractivity contribution in [2.45, 2.75) is 18.4 Å². The van der Waals surface area contributed by atoms with Crippen molar-refractivity contribution in [2.75, 3.05) is 12.1 Å². The smallest absolute Gasteiger partial charge is 0.319 e. The fourth-order valence-electron chi connectivity index (χ4n) is 2.72. The number of carbonyl (C=O) groups is 1. The van der Waals surface area contributed by atoms with Gasteiger partial charge in [-0.1, -0.05) is 30.3 Å². The summed E-state index contributed by atoms with van der Waals surface area (Å²) < 4.78 is 10.6. The molecule has 0 atom stereocenters. The highest BCUT2D eigenvalue weighted by molar-refractivity contribution is 5.90. The number of ether oxygens (including phenoxy) is 2. The van der Waals surface area contributed by atoms with Crippen LogP contribution in [0.2, 0.25) is 0 Å². The van der Waals surface area contributed by atoms with Crippen molar-refractivity contribution in [3.05, 3.63) is 54.1 Å². The van der Waals surface area contributed by atoms with E-state index in [0.717, 1.165) is 18.4 Å². The topological polar surface area (TPSA) is 59.6 Å². The molecular weight excluding hydrogens is 280 g/mol. The molecule has 5 heteroatoms. The molecule has 112 valence electrons. The molecule has 2 N–H and O–H groups in total. The van der Waals surface area contributed by atoms with Gasteiger partial charge in [0, 0.05) is 11.8 Å². The average Bonchev–Trinajstić information content (AvgIpc) is 3.16. The molecule has 0 bridgehead atoms. The summed E-state index contributed by atoms with van der Waals surface area (Å²) in [4.78, 5) is 12.2. The first kappa shape index (κ1) is 13.0. The number of hydrogen-bond donors (Lipinski definition) is 2. The summed E-state index contributed by atoms with van der Waals surface area (Å²) in [6, 6.07) is 15.2. The molecule has 0 radical (unpaired) electrons. The van der Waals surface area contributed by atoms with Crippen molar-refractivity contribution in [3.63, 3.8) is 0 Å². The number of carbonyl (C=O) groups excluding carboxylic acids is 1. The Morgan fingerprint density at radius 1 is 1.00 bits per heavy atom. The average molecular weight is 296 g/mol. The molecule has 2 amide bonds. The van der Waals surface area contributed by atoms with Crippen LogP contribution in [0, 0.1) is 0 Å². The fourth-order valence-corrected chi connectivity index (χ4v) is 2.72. The third kappa shape index (κ3) is 2.35. The Kier molecular flexibility index (Phi) is 2.92. The lowest BCUT2D eigenvalue weighted by Crippen LogP contribution is -2.38. The second-order valence-corrected chi connectivity index (χ2v) is 5.60. The van der Waals surface area contributed by atoms with Gasteiger partial charge in [-0.3, -0.25) is 0 Å². The van der Waals surface area contributed by atoms with E-state index < -0.39 is 0 Å². The van der Waals surface area contributed by atoms with Gasteiger partial charge >= 0.3 is 6.03 Å². The van der Waals surface area contributed by atoms with Crippen molar-refractivity contribution in [3.8, 4) is 11.5 Å². The highest BCUT2D eigenvalue weighted by Gasteiger charge is 2.45. The Hall–Kier alpha value is -2.69. The molecule has 1 fully saturated rings. The normalized spacial score (nSPS) is 16.9. The van der Waals surface area contributed by atoms with Gasteiger partial charge in [-0.2, -0.15) is 0 Å². The van der Waals surface area contributed by atoms with E-state index in [9.17, 15) is 4.79 Å². The van der Waals surface area contributed by atoms with Gasteiger partial charge in [0.2, 0.25) is 6.79 Å². The van der Waals surface area contributed by atoms with Crippen LogP contribution in [0.5, 0.6) is 11.5 Å². The monoisotopic (exact) mass is 296 g/mol. The summed E-state index contributed by atoms with van der Waals surface area (Å²) in [5.41, 5.74) is 1.61. The molecule has 2 aliphatic rings. The van der Waals surface area contributed by atoms with Crippen LogP contribution >= 0.6 is 0 Å². The minimum Gasteiger partial charge on any atom is -0.454 e. The standard InChI is InChI=1S/C17H16N2O3/c20-16(18-13-6-7-14-15(10-13)22-11-21-14)19-17(8-9-17)12-4-2-1-3-5-12/h1-7,10H,8-9,11H2,(H2,18,19,20). The van der Waals surface area contributed by atoms with E-state index in [-0.39, 0.29) is 18.4 Å². The maximum Gasteiger partial charge on any atom is 0.319 e. The lowest BCUT2D eigenvalue weighted by atomic mass is 10.1. The van der Waals surface area contributed by atoms with Crippen molar-refractivity contribution in [1.29, 1.82) is 0 Å². The summed E-state index contributed by atoms with van der Waals surface area (Å²) in [5.74, 6) is 1.36. The molecule has 0 unspecified atom stereocenters. The predicted molar refractivity (Wildman–Crippen MR) is 82.1 cm³/mol. The zero-order chi connectivity index (χ0) is 15.0. The highest BCUT2D eigenvalue weighted by Crippen LogP contribution is 2.45. The summed E-state index contributed by atoms with van der Waals surface area (Å²) in [6.07, 6.45) is 1.93. The number of fused-ring (bicyclic) bond motifs is 1. The van der Waals surface area contributed by atoms with E-state index >= 15 is 0 Å². The van der Waals surface area contributed by atoms with Gasteiger partial charge in [-0.15, -0.1) is 0 Å². The molecule has 22 heavy (non-hydrogen) atoms. The molecule has 0 aromatic heterocycles. The number of hydrogen-bond acceptors (Lipinski definition) is 3. The van der Waals surface area contributed by atoms with Crippen LogP contribution in [0.3, 0.4) is 0 Å². The van der Waals surface area contributed by atoms with Crippen molar-refractivity contribution in [2.24, 2.45) is 0 Å². The van der Waals surface area contributed by atoms with E-state index in [0.29, 0.717) is 17.2 Å². The maximum absolute atomic E-state index is 12.2. The molecule has 1 aliphatic heterocycles. The lowest BCUT2D eigenvalue weighted by Gasteiger charge is -2.18. The molecule has 0 saturated heterocycles. The first-order valence-corrected chi connectivity index (χ1v) is 7.30. The lowest BCUT2D eigenvalue weighted by molar-refractivity contribution is 0.174. The van der Waals surface area contributed by atoms with Crippen LogP contribution in [0.15, 0.2) is 48.5 Å². The van der Waals surface area contributed by atoms with Gasteiger partial charge in [0.15, 0.2) is 11.5 Å². The van der Waals surface area contributed by atoms with Crippen LogP contribution in [0.4, 0.5) is 10.5 Å². The van der Waals surface area contributed by atoms with E-state index in [4.69, 9.17) is 9.47 Å². The minimum atomic E-state index is -0.221. The predicted octanol–water partition coefficient (Wildman–Crippen LogP) is 3.23. The summed E-state index contributed by atoms with van der Waals surface area (Å²) in [5, 5.41) is 5.93. The molecule has 1 saturated carbocycles. The number of benzene rings is 2. The molecule has 4 rings (SSSR count). The van der Waals surface area contributed by atoms with E-state index in [1.54, 1.807) is 18.2 Å². The van der Waals surface area contributed by atoms with Crippen molar-refractivity contribution < 1.29 is 14.3 Å². The second kappa shape index (κ2) is 4.94. The SMILES string of the molecule is O=C(Nc1ccc2c(c1)OCO2)NC1(c2ccccc2)CC1. The van der Waals surface area contributed by atoms with E-state index in [1.165, 1.54) is 0 Å². The van der Waals surface area contributed by atoms with Crippen LogP contribution in [-0.4, -0.2) is 12.8 Å². The molecule has 0 spiro atoms. The zero-order valence-electron chi connectivity index (χ0n) is 12.0. The van der Waals surface area contributed by atoms with Crippen LogP contribution in [0.1, 0.15) is 18.4 Å². The minimum absolute atomic E-state index is 0.208.